The highest BCUT2D eigenvalue weighted by atomic mass is 16.3. The predicted octanol–water partition coefficient (Wildman–Crippen LogP) is 2.64. The van der Waals surface area contributed by atoms with Crippen LogP contribution in [0.4, 0.5) is 0 Å². The fourth-order valence-corrected chi connectivity index (χ4v) is 1.98. The van der Waals surface area contributed by atoms with Crippen molar-refractivity contribution in [2.24, 2.45) is 10.6 Å². The van der Waals surface area contributed by atoms with Gasteiger partial charge in [-0.1, -0.05) is 26.2 Å². The maximum atomic E-state index is 10.8. The molecule has 0 atom stereocenters. The van der Waals surface area contributed by atoms with Crippen LogP contribution in [0, 0.1) is 10.3 Å². The summed E-state index contributed by atoms with van der Waals surface area (Å²) < 4.78 is 0. The van der Waals surface area contributed by atoms with Crippen LogP contribution in [0.2, 0.25) is 0 Å². The lowest BCUT2D eigenvalue weighted by molar-refractivity contribution is -0.120. The molecule has 0 bridgehead atoms. The summed E-state index contributed by atoms with van der Waals surface area (Å²) in [6, 6.07) is 0. The molecule has 0 aliphatic heterocycles. The molecule has 1 fully saturated rings. The van der Waals surface area contributed by atoms with Crippen LogP contribution in [0.15, 0.2) is 5.18 Å². The van der Waals surface area contributed by atoms with E-state index in [1.807, 2.05) is 0 Å². The van der Waals surface area contributed by atoms with Gasteiger partial charge >= 0.3 is 0 Å². The second kappa shape index (κ2) is 3.78. The molecule has 1 aliphatic carbocycles. The van der Waals surface area contributed by atoms with Crippen LogP contribution in [-0.2, 0) is 4.79 Å². The molecule has 0 radical (unpaired) electrons. The van der Waals surface area contributed by atoms with Gasteiger partial charge in [-0.25, -0.2) is 0 Å². The Morgan fingerprint density at radius 1 is 1.33 bits per heavy atom. The Labute approximate surface area is 72.5 Å². The van der Waals surface area contributed by atoms with Gasteiger partial charge in [0, 0.05) is 11.6 Å². The van der Waals surface area contributed by atoms with Crippen molar-refractivity contribution >= 4 is 5.91 Å². The van der Waals surface area contributed by atoms with Crippen LogP contribution >= 0.6 is 0 Å². The molecular weight excluding hydrogens is 154 g/mol. The highest BCUT2D eigenvalue weighted by molar-refractivity contribution is 5.77. The summed E-state index contributed by atoms with van der Waals surface area (Å²) in [5, 5.41) is 2.44. The lowest BCUT2D eigenvalue weighted by atomic mass is 9.73. The Morgan fingerprint density at radius 3 is 2.42 bits per heavy atom. The first-order valence-corrected chi connectivity index (χ1v) is 4.52. The van der Waals surface area contributed by atoms with E-state index in [1.54, 1.807) is 0 Å². The fraction of sp³-hybridized carbons (Fsp3) is 0.889. The summed E-state index contributed by atoms with van der Waals surface area (Å²) in [6.45, 7) is 2.08. The molecule has 0 unspecified atom stereocenters. The quantitative estimate of drug-likeness (QED) is 0.596. The molecule has 1 rings (SSSR count). The molecule has 0 N–H and O–H groups in total. The highest BCUT2D eigenvalue weighted by Gasteiger charge is 2.29. The van der Waals surface area contributed by atoms with E-state index in [4.69, 9.17) is 0 Å². The van der Waals surface area contributed by atoms with E-state index < -0.39 is 5.91 Å². The minimum atomic E-state index is -0.487. The molecule has 68 valence electrons. The van der Waals surface area contributed by atoms with Gasteiger partial charge < -0.3 is 0 Å². The van der Waals surface area contributed by atoms with Crippen molar-refractivity contribution in [1.29, 1.82) is 0 Å². The molecule has 1 aliphatic rings. The lowest BCUT2D eigenvalue weighted by Crippen LogP contribution is -2.22. The summed E-state index contributed by atoms with van der Waals surface area (Å²) in [5.41, 5.74) is 0.0588. The van der Waals surface area contributed by atoms with Gasteiger partial charge in [-0.05, 0) is 18.3 Å². The third-order valence-corrected chi connectivity index (χ3v) is 2.74. The topological polar surface area (TPSA) is 46.5 Å². The number of nitrogens with zero attached hydrogens (tertiary/aromatic N) is 1. The Balaban J connectivity index is 2.46. The van der Waals surface area contributed by atoms with Crippen molar-refractivity contribution in [3.8, 4) is 0 Å². The zero-order chi connectivity index (χ0) is 9.03. The Hall–Kier alpha value is -0.730. The van der Waals surface area contributed by atoms with Gasteiger partial charge in [0.1, 0.15) is 0 Å². The van der Waals surface area contributed by atoms with Gasteiger partial charge in [0.05, 0.1) is 0 Å². The molecule has 12 heavy (non-hydrogen) atoms. The van der Waals surface area contributed by atoms with Crippen molar-refractivity contribution < 1.29 is 4.79 Å². The van der Waals surface area contributed by atoms with Crippen molar-refractivity contribution in [2.75, 3.05) is 0 Å². The second-order valence-electron chi connectivity index (χ2n) is 4.03. The highest BCUT2D eigenvalue weighted by Crippen LogP contribution is 2.38. The molecule has 0 aromatic carbocycles. The average molecular weight is 169 g/mol. The molecule has 0 spiro atoms. The molecule has 0 heterocycles. The number of hydrogen-bond acceptors (Lipinski definition) is 2. The monoisotopic (exact) mass is 169 g/mol. The van der Waals surface area contributed by atoms with Gasteiger partial charge in [0.25, 0.3) is 5.91 Å². The lowest BCUT2D eigenvalue weighted by Gasteiger charge is -2.31. The number of rotatable bonds is 2. The second-order valence-corrected chi connectivity index (χ2v) is 4.03. The van der Waals surface area contributed by atoms with Gasteiger partial charge in [0.2, 0.25) is 0 Å². The van der Waals surface area contributed by atoms with E-state index >= 15 is 0 Å². The predicted molar refractivity (Wildman–Crippen MR) is 46.6 cm³/mol. The van der Waals surface area contributed by atoms with Gasteiger partial charge in [0.15, 0.2) is 0 Å². The van der Waals surface area contributed by atoms with Crippen LogP contribution < -0.4 is 0 Å². The van der Waals surface area contributed by atoms with E-state index in [9.17, 15) is 9.70 Å². The normalized spacial score (nSPS) is 21.8. The standard InChI is InChI=1S/C9H15NO2/c1-9(7-8(11)10-12)5-3-2-4-6-9/h2-7H2,1H3. The molecule has 1 amide bonds. The Kier molecular flexibility index (Phi) is 2.95. The first-order chi connectivity index (χ1) is 5.66. The van der Waals surface area contributed by atoms with Gasteiger partial charge in [-0.2, -0.15) is 0 Å². The first-order valence-electron chi connectivity index (χ1n) is 4.52. The minimum Gasteiger partial charge on any atom is -0.269 e. The maximum Gasteiger partial charge on any atom is 0.286 e. The number of hydrogen-bond donors (Lipinski definition) is 0. The smallest absolute Gasteiger partial charge is 0.269 e. The van der Waals surface area contributed by atoms with Crippen molar-refractivity contribution in [3.05, 3.63) is 4.91 Å². The zero-order valence-corrected chi connectivity index (χ0v) is 7.51. The zero-order valence-electron chi connectivity index (χ0n) is 7.51. The summed E-state index contributed by atoms with van der Waals surface area (Å²) in [7, 11) is 0. The molecular formula is C9H15NO2. The molecule has 3 nitrogen and oxygen atoms in total. The third kappa shape index (κ3) is 2.40. The Morgan fingerprint density at radius 2 is 1.92 bits per heavy atom. The van der Waals surface area contributed by atoms with E-state index in [2.05, 4.69) is 12.1 Å². The third-order valence-electron chi connectivity index (χ3n) is 2.74. The number of nitroso groups, excluding NO2 is 1. The van der Waals surface area contributed by atoms with Crippen LogP contribution in [0.5, 0.6) is 0 Å². The van der Waals surface area contributed by atoms with Crippen LogP contribution in [0.3, 0.4) is 0 Å². The maximum absolute atomic E-state index is 10.8. The Bertz CT molecular complexity index is 183. The molecule has 3 heteroatoms. The summed E-state index contributed by atoms with van der Waals surface area (Å²) >= 11 is 0. The molecule has 0 saturated heterocycles. The minimum absolute atomic E-state index is 0.0588. The van der Waals surface area contributed by atoms with Gasteiger partial charge in [-0.15, -0.1) is 4.91 Å². The number of carbonyl (C=O) groups excluding carboxylic acids is 1. The van der Waals surface area contributed by atoms with Gasteiger partial charge in [-0.3, -0.25) is 4.79 Å². The van der Waals surface area contributed by atoms with E-state index in [1.165, 1.54) is 19.3 Å². The molecule has 0 aromatic heterocycles. The largest absolute Gasteiger partial charge is 0.286 e. The summed E-state index contributed by atoms with van der Waals surface area (Å²) in [6.07, 6.45) is 6.10. The van der Waals surface area contributed by atoms with Crippen molar-refractivity contribution in [3.63, 3.8) is 0 Å². The van der Waals surface area contributed by atoms with E-state index in [-0.39, 0.29) is 5.41 Å². The fourth-order valence-electron chi connectivity index (χ4n) is 1.98. The summed E-state index contributed by atoms with van der Waals surface area (Å²) in [5.74, 6) is -0.487. The van der Waals surface area contributed by atoms with Crippen molar-refractivity contribution in [2.45, 2.75) is 45.4 Å². The average Bonchev–Trinajstić information content (AvgIpc) is 2.05. The van der Waals surface area contributed by atoms with Crippen LogP contribution in [0.25, 0.3) is 0 Å². The number of carbonyl (C=O) groups is 1. The first kappa shape index (κ1) is 9.36. The molecule has 1 saturated carbocycles. The van der Waals surface area contributed by atoms with Crippen molar-refractivity contribution in [1.82, 2.24) is 0 Å². The number of amides is 1. The SMILES string of the molecule is CC1(CC(=O)N=O)CCCCC1. The van der Waals surface area contributed by atoms with Crippen LogP contribution in [-0.4, -0.2) is 5.91 Å². The summed E-state index contributed by atoms with van der Waals surface area (Å²) in [4.78, 5) is 20.7. The van der Waals surface area contributed by atoms with E-state index in [0.29, 0.717) is 6.42 Å². The van der Waals surface area contributed by atoms with E-state index in [0.717, 1.165) is 12.8 Å². The van der Waals surface area contributed by atoms with Crippen LogP contribution in [0.1, 0.15) is 45.4 Å². The molecule has 0 aromatic rings.